The van der Waals surface area contributed by atoms with Gasteiger partial charge in [-0.3, -0.25) is 0 Å². The van der Waals surface area contributed by atoms with Gasteiger partial charge in [-0.25, -0.2) is 0 Å². The average molecular weight is 154 g/mol. The van der Waals surface area contributed by atoms with E-state index in [1.165, 1.54) is 32.1 Å². The van der Waals surface area contributed by atoms with E-state index in [1.54, 1.807) is 0 Å². The van der Waals surface area contributed by atoms with E-state index in [4.69, 9.17) is 0 Å². The Bertz CT molecular complexity index is 71.4. The van der Waals surface area contributed by atoms with Crippen LogP contribution in [0.25, 0.3) is 0 Å². The van der Waals surface area contributed by atoms with Crippen LogP contribution < -0.4 is 0 Å². The Balaban J connectivity index is 0. The molecule has 1 unspecified atom stereocenters. The highest BCUT2D eigenvalue weighted by Gasteiger charge is 1.95. The molecular weight excluding hydrogens is 132 g/mol. The summed E-state index contributed by atoms with van der Waals surface area (Å²) in [4.78, 5) is 0. The molecule has 0 saturated heterocycles. The first-order valence-corrected chi connectivity index (χ1v) is 4.64. The van der Waals surface area contributed by atoms with Crippen LogP contribution in [0.4, 0.5) is 0 Å². The summed E-state index contributed by atoms with van der Waals surface area (Å²) in [7, 11) is 0. The average Bonchev–Trinajstić information content (AvgIpc) is 2.08. The first-order chi connectivity index (χ1) is 5.31. The second-order valence-electron chi connectivity index (χ2n) is 3.01. The molecule has 0 aromatic carbocycles. The molecule has 0 amide bonds. The monoisotopic (exact) mass is 154 g/mol. The maximum atomic E-state index is 4.00. The van der Waals surface area contributed by atoms with E-state index in [0.717, 1.165) is 5.92 Å². The number of unbranched alkanes of at least 4 members (excludes halogenated alkanes) is 2. The minimum atomic E-state index is 0.955. The highest BCUT2D eigenvalue weighted by Crippen LogP contribution is 2.11. The van der Waals surface area contributed by atoms with Gasteiger partial charge in [0.25, 0.3) is 0 Å². The molecule has 0 rings (SSSR count). The van der Waals surface area contributed by atoms with Crippen LogP contribution in [0.1, 0.15) is 52.9 Å². The molecule has 0 radical (unpaired) electrons. The lowest BCUT2D eigenvalue weighted by Crippen LogP contribution is -1.90. The fourth-order valence-electron chi connectivity index (χ4n) is 0.947. The molecule has 11 heavy (non-hydrogen) atoms. The van der Waals surface area contributed by atoms with Crippen molar-refractivity contribution in [2.45, 2.75) is 52.9 Å². The van der Waals surface area contributed by atoms with Crippen molar-refractivity contribution >= 4 is 0 Å². The lowest BCUT2D eigenvalue weighted by atomic mass is 10.0. The van der Waals surface area contributed by atoms with Gasteiger partial charge in [0, 0.05) is 0 Å². The van der Waals surface area contributed by atoms with Gasteiger partial charge in [-0.05, 0) is 5.92 Å². The Morgan fingerprint density at radius 1 is 1.09 bits per heavy atom. The zero-order chi connectivity index (χ0) is 9.11. The molecule has 0 spiro atoms. The molecule has 0 N–H and O–H groups in total. The predicted molar refractivity (Wildman–Crippen MR) is 53.5 cm³/mol. The highest BCUT2D eigenvalue weighted by atomic mass is 14.0. The Morgan fingerprint density at radius 2 is 1.64 bits per heavy atom. The SMILES string of the molecule is C#C.CCCCCC(C)CC. The third-order valence-electron chi connectivity index (χ3n) is 2.00. The van der Waals surface area contributed by atoms with Crippen LogP contribution in [0.2, 0.25) is 0 Å². The Hall–Kier alpha value is -0.440. The second-order valence-corrected chi connectivity index (χ2v) is 3.01. The molecule has 0 saturated carbocycles. The van der Waals surface area contributed by atoms with E-state index in [-0.39, 0.29) is 0 Å². The van der Waals surface area contributed by atoms with E-state index < -0.39 is 0 Å². The maximum absolute atomic E-state index is 4.00. The third kappa shape index (κ3) is 12.7. The van der Waals surface area contributed by atoms with Crippen LogP contribution in [0.5, 0.6) is 0 Å². The number of hydrogen-bond donors (Lipinski definition) is 0. The van der Waals surface area contributed by atoms with Crippen molar-refractivity contribution in [2.24, 2.45) is 5.92 Å². The zero-order valence-corrected chi connectivity index (χ0v) is 8.27. The molecule has 0 aliphatic rings. The quantitative estimate of drug-likeness (QED) is 0.416. The van der Waals surface area contributed by atoms with Crippen molar-refractivity contribution in [1.82, 2.24) is 0 Å². The number of terminal acetylenes is 1. The van der Waals surface area contributed by atoms with Gasteiger partial charge in [-0.2, -0.15) is 0 Å². The Morgan fingerprint density at radius 3 is 2.00 bits per heavy atom. The Labute approximate surface area is 72.4 Å². The van der Waals surface area contributed by atoms with Gasteiger partial charge >= 0.3 is 0 Å². The van der Waals surface area contributed by atoms with E-state index in [1.807, 2.05) is 0 Å². The normalized spacial score (nSPS) is 11.4. The second kappa shape index (κ2) is 12.3. The van der Waals surface area contributed by atoms with Gasteiger partial charge in [0.2, 0.25) is 0 Å². The lowest BCUT2D eigenvalue weighted by molar-refractivity contribution is 0.482. The van der Waals surface area contributed by atoms with Crippen LogP contribution in [-0.4, -0.2) is 0 Å². The first kappa shape index (κ1) is 13.2. The van der Waals surface area contributed by atoms with Gasteiger partial charge in [0.1, 0.15) is 0 Å². The fraction of sp³-hybridized carbons (Fsp3) is 0.818. The number of rotatable bonds is 5. The molecule has 0 heteroatoms. The largest absolute Gasteiger partial charge is 0.124 e. The first-order valence-electron chi connectivity index (χ1n) is 4.64. The van der Waals surface area contributed by atoms with Gasteiger partial charge in [-0.1, -0.05) is 52.9 Å². The number of hydrogen-bond acceptors (Lipinski definition) is 0. The van der Waals surface area contributed by atoms with Crippen LogP contribution in [0.3, 0.4) is 0 Å². The summed E-state index contributed by atoms with van der Waals surface area (Å²) < 4.78 is 0. The van der Waals surface area contributed by atoms with Crippen LogP contribution in [0.15, 0.2) is 0 Å². The van der Waals surface area contributed by atoms with Crippen molar-refractivity contribution in [2.75, 3.05) is 0 Å². The maximum Gasteiger partial charge on any atom is -0.0445 e. The molecule has 0 aliphatic carbocycles. The summed E-state index contributed by atoms with van der Waals surface area (Å²) in [5.74, 6) is 0.955. The van der Waals surface area contributed by atoms with E-state index in [9.17, 15) is 0 Å². The summed E-state index contributed by atoms with van der Waals surface area (Å²) in [6, 6.07) is 0. The molecule has 66 valence electrons. The summed E-state index contributed by atoms with van der Waals surface area (Å²) in [6.45, 7) is 6.88. The van der Waals surface area contributed by atoms with Gasteiger partial charge < -0.3 is 0 Å². The van der Waals surface area contributed by atoms with Crippen LogP contribution in [0, 0.1) is 18.8 Å². The highest BCUT2D eigenvalue weighted by molar-refractivity contribution is 4.49. The van der Waals surface area contributed by atoms with Crippen LogP contribution >= 0.6 is 0 Å². The molecule has 0 aromatic heterocycles. The molecule has 0 heterocycles. The summed E-state index contributed by atoms with van der Waals surface area (Å²) in [6.07, 6.45) is 15.0. The standard InChI is InChI=1S/C9H20.C2H2/c1-4-6-7-8-9(3)5-2;1-2/h9H,4-8H2,1-3H3;1-2H. The minimum Gasteiger partial charge on any atom is -0.124 e. The molecular formula is C11H22. The molecule has 0 nitrogen and oxygen atoms in total. The summed E-state index contributed by atoms with van der Waals surface area (Å²) in [5, 5.41) is 0. The zero-order valence-electron chi connectivity index (χ0n) is 8.27. The fourth-order valence-corrected chi connectivity index (χ4v) is 0.947. The summed E-state index contributed by atoms with van der Waals surface area (Å²) in [5.41, 5.74) is 0. The smallest absolute Gasteiger partial charge is 0.0445 e. The van der Waals surface area contributed by atoms with Gasteiger partial charge in [0.15, 0.2) is 0 Å². The molecule has 0 fully saturated rings. The van der Waals surface area contributed by atoms with E-state index in [0.29, 0.717) is 0 Å². The molecule has 0 aromatic rings. The van der Waals surface area contributed by atoms with E-state index in [2.05, 4.69) is 33.6 Å². The lowest BCUT2D eigenvalue weighted by Gasteiger charge is -2.05. The molecule has 1 atom stereocenters. The predicted octanol–water partition coefficient (Wildman–Crippen LogP) is 3.86. The molecule has 0 aliphatic heterocycles. The van der Waals surface area contributed by atoms with Crippen LogP contribution in [-0.2, 0) is 0 Å². The van der Waals surface area contributed by atoms with Gasteiger partial charge in [-0.15, -0.1) is 12.8 Å². The topological polar surface area (TPSA) is 0 Å². The summed E-state index contributed by atoms with van der Waals surface area (Å²) >= 11 is 0. The van der Waals surface area contributed by atoms with Crippen molar-refractivity contribution in [3.05, 3.63) is 0 Å². The minimum absolute atomic E-state index is 0.955. The van der Waals surface area contributed by atoms with Crippen molar-refractivity contribution in [3.63, 3.8) is 0 Å². The van der Waals surface area contributed by atoms with E-state index >= 15 is 0 Å². The third-order valence-corrected chi connectivity index (χ3v) is 2.00. The Kier molecular flexibility index (Phi) is 14.7. The van der Waals surface area contributed by atoms with Gasteiger partial charge in [0.05, 0.1) is 0 Å². The van der Waals surface area contributed by atoms with Crippen molar-refractivity contribution in [1.29, 1.82) is 0 Å². The van der Waals surface area contributed by atoms with Crippen molar-refractivity contribution < 1.29 is 0 Å². The van der Waals surface area contributed by atoms with Crippen molar-refractivity contribution in [3.8, 4) is 12.8 Å². The molecule has 0 bridgehead atoms.